The van der Waals surface area contributed by atoms with Gasteiger partial charge in [-0.15, -0.1) is 0 Å². The molecule has 6 heteroatoms. The van der Waals surface area contributed by atoms with E-state index in [1.54, 1.807) is 30.5 Å². The number of hydrogen-bond donors (Lipinski definition) is 2. The van der Waals surface area contributed by atoms with Gasteiger partial charge in [0.05, 0.1) is 18.4 Å². The number of rotatable bonds is 7. The summed E-state index contributed by atoms with van der Waals surface area (Å²) in [6, 6.07) is 17.5. The third-order valence-corrected chi connectivity index (χ3v) is 5.56. The van der Waals surface area contributed by atoms with Crippen LogP contribution in [0.4, 0.5) is 5.69 Å². The van der Waals surface area contributed by atoms with Gasteiger partial charge in [0, 0.05) is 23.8 Å². The molecule has 4 rings (SSSR count). The van der Waals surface area contributed by atoms with Gasteiger partial charge in [-0.25, -0.2) is 0 Å². The second kappa shape index (κ2) is 8.45. The van der Waals surface area contributed by atoms with E-state index in [9.17, 15) is 9.59 Å². The van der Waals surface area contributed by atoms with Crippen LogP contribution in [-0.4, -0.2) is 24.4 Å². The fourth-order valence-electron chi connectivity index (χ4n) is 3.99. The zero-order valence-electron chi connectivity index (χ0n) is 16.9. The van der Waals surface area contributed by atoms with Crippen LogP contribution in [0, 0.1) is 0 Å². The number of nitrogens with two attached hydrogens (primary N) is 1. The van der Waals surface area contributed by atoms with Gasteiger partial charge in [-0.3, -0.25) is 9.59 Å². The molecule has 1 unspecified atom stereocenters. The Balaban J connectivity index is 1.39. The summed E-state index contributed by atoms with van der Waals surface area (Å²) in [6.45, 7) is 3.19. The predicted octanol–water partition coefficient (Wildman–Crippen LogP) is 3.30. The molecule has 0 saturated heterocycles. The molecule has 2 aromatic carbocycles. The highest BCUT2D eigenvalue weighted by Crippen LogP contribution is 2.33. The molecule has 1 aliphatic heterocycles. The molecule has 30 heavy (non-hydrogen) atoms. The summed E-state index contributed by atoms with van der Waals surface area (Å²) in [5.41, 5.74) is 9.81. The number of carbonyl (C=O) groups is 2. The van der Waals surface area contributed by atoms with Crippen molar-refractivity contribution in [2.24, 2.45) is 5.73 Å². The number of benzene rings is 2. The van der Waals surface area contributed by atoms with Crippen LogP contribution in [0.5, 0.6) is 0 Å². The molecule has 1 atom stereocenters. The molecule has 0 spiro atoms. The molecular weight excluding hydrogens is 378 g/mol. The first kappa shape index (κ1) is 19.8. The first-order valence-corrected chi connectivity index (χ1v) is 10.1. The van der Waals surface area contributed by atoms with Crippen molar-refractivity contribution in [3.63, 3.8) is 0 Å². The fraction of sp³-hybridized carbons (Fsp3) is 0.250. The van der Waals surface area contributed by atoms with Crippen LogP contribution in [0.1, 0.15) is 44.5 Å². The molecule has 0 radical (unpaired) electrons. The van der Waals surface area contributed by atoms with Crippen molar-refractivity contribution in [2.45, 2.75) is 32.4 Å². The highest BCUT2D eigenvalue weighted by molar-refractivity contribution is 5.95. The maximum absolute atomic E-state index is 12.7. The summed E-state index contributed by atoms with van der Waals surface area (Å²) in [5, 5.41) is 2.94. The minimum absolute atomic E-state index is 0.162. The van der Waals surface area contributed by atoms with E-state index in [1.807, 2.05) is 12.1 Å². The molecule has 6 nitrogen and oxygen atoms in total. The Bertz CT molecular complexity index is 1070. The average Bonchev–Trinajstić information content (AvgIpc) is 3.33. The number of carbonyl (C=O) groups excluding carboxylic acids is 2. The predicted molar refractivity (Wildman–Crippen MR) is 115 cm³/mol. The molecular formula is C24H25N3O3. The van der Waals surface area contributed by atoms with Crippen LogP contribution in [0.15, 0.2) is 65.3 Å². The Kier molecular flexibility index (Phi) is 5.57. The molecule has 3 aromatic rings. The van der Waals surface area contributed by atoms with Gasteiger partial charge in [0.25, 0.3) is 5.91 Å². The van der Waals surface area contributed by atoms with Crippen LogP contribution in [0.25, 0.3) is 0 Å². The minimum atomic E-state index is -0.457. The molecule has 2 amide bonds. The van der Waals surface area contributed by atoms with E-state index in [1.165, 1.54) is 11.3 Å². The van der Waals surface area contributed by atoms with Crippen LogP contribution in [-0.2, 0) is 19.4 Å². The number of furan rings is 1. The van der Waals surface area contributed by atoms with Gasteiger partial charge in [0.15, 0.2) is 0 Å². The van der Waals surface area contributed by atoms with Crippen molar-refractivity contribution < 1.29 is 14.0 Å². The van der Waals surface area contributed by atoms with Gasteiger partial charge in [0.2, 0.25) is 5.91 Å². The number of hydrogen-bond acceptors (Lipinski definition) is 4. The zero-order chi connectivity index (χ0) is 21.1. The van der Waals surface area contributed by atoms with E-state index in [4.69, 9.17) is 10.2 Å². The highest BCUT2D eigenvalue weighted by atomic mass is 16.3. The van der Waals surface area contributed by atoms with Gasteiger partial charge >= 0.3 is 0 Å². The van der Waals surface area contributed by atoms with Gasteiger partial charge in [-0.2, -0.15) is 0 Å². The van der Waals surface area contributed by atoms with Crippen LogP contribution >= 0.6 is 0 Å². The quantitative estimate of drug-likeness (QED) is 0.634. The number of nitrogens with one attached hydrogen (secondary N) is 1. The Morgan fingerprint density at radius 1 is 1.17 bits per heavy atom. The highest BCUT2D eigenvalue weighted by Gasteiger charge is 2.27. The van der Waals surface area contributed by atoms with E-state index in [-0.39, 0.29) is 5.91 Å². The lowest BCUT2D eigenvalue weighted by Gasteiger charge is -2.24. The maximum atomic E-state index is 12.7. The number of para-hydroxylation sites is 1. The van der Waals surface area contributed by atoms with Gasteiger partial charge in [-0.1, -0.05) is 30.3 Å². The summed E-state index contributed by atoms with van der Waals surface area (Å²) in [5.74, 6) is 0.0401. The smallest absolute Gasteiger partial charge is 0.254 e. The van der Waals surface area contributed by atoms with E-state index < -0.39 is 5.91 Å². The summed E-state index contributed by atoms with van der Waals surface area (Å²) < 4.78 is 5.66. The number of amides is 2. The first-order valence-electron chi connectivity index (χ1n) is 10.1. The van der Waals surface area contributed by atoms with Crippen molar-refractivity contribution in [3.05, 3.63) is 88.9 Å². The van der Waals surface area contributed by atoms with E-state index in [2.05, 4.69) is 35.3 Å². The normalized spacial score (nSPS) is 15.1. The van der Waals surface area contributed by atoms with E-state index in [0.29, 0.717) is 42.4 Å². The summed E-state index contributed by atoms with van der Waals surface area (Å²) in [7, 11) is 0. The zero-order valence-corrected chi connectivity index (χ0v) is 16.9. The third-order valence-electron chi connectivity index (χ3n) is 5.56. The van der Waals surface area contributed by atoms with Crippen molar-refractivity contribution in [3.8, 4) is 0 Å². The SMILES string of the molecule is CC1Cc2ccccc2N1Cc1occc1C(=O)NCCc1cccc(C(N)=O)c1. The monoisotopic (exact) mass is 403 g/mol. The molecule has 1 aromatic heterocycles. The van der Waals surface area contributed by atoms with Gasteiger partial charge in [-0.05, 0) is 55.2 Å². The van der Waals surface area contributed by atoms with Gasteiger partial charge in [0.1, 0.15) is 5.76 Å². The maximum Gasteiger partial charge on any atom is 0.254 e. The topological polar surface area (TPSA) is 88.6 Å². The standard InChI is InChI=1S/C24H25N3O3/c1-16-13-18-6-2-3-8-21(18)27(16)15-22-20(10-12-30-22)24(29)26-11-9-17-5-4-7-19(14-17)23(25)28/h2-8,10,12,14,16H,9,11,13,15H2,1H3,(H2,25,28)(H,26,29). The summed E-state index contributed by atoms with van der Waals surface area (Å²) in [6.07, 6.45) is 3.16. The number of fused-ring (bicyclic) bond motifs is 1. The molecule has 0 saturated carbocycles. The molecule has 1 aliphatic rings. The van der Waals surface area contributed by atoms with Gasteiger partial charge < -0.3 is 20.4 Å². The Labute approximate surface area is 175 Å². The van der Waals surface area contributed by atoms with Crippen LogP contribution in [0.3, 0.4) is 0 Å². The lowest BCUT2D eigenvalue weighted by atomic mass is 10.1. The fourth-order valence-corrected chi connectivity index (χ4v) is 3.99. The molecule has 154 valence electrons. The molecule has 0 aliphatic carbocycles. The summed E-state index contributed by atoms with van der Waals surface area (Å²) in [4.78, 5) is 26.3. The van der Waals surface area contributed by atoms with E-state index >= 15 is 0 Å². The lowest BCUT2D eigenvalue weighted by molar-refractivity contribution is 0.0950. The minimum Gasteiger partial charge on any atom is -0.467 e. The molecule has 2 heterocycles. The number of primary amides is 1. The van der Waals surface area contributed by atoms with Crippen molar-refractivity contribution in [2.75, 3.05) is 11.4 Å². The number of nitrogens with zero attached hydrogens (tertiary/aromatic N) is 1. The van der Waals surface area contributed by atoms with E-state index in [0.717, 1.165) is 12.0 Å². The van der Waals surface area contributed by atoms with Crippen LogP contribution < -0.4 is 16.0 Å². The second-order valence-corrected chi connectivity index (χ2v) is 7.64. The lowest BCUT2D eigenvalue weighted by Crippen LogP contribution is -2.31. The average molecular weight is 403 g/mol. The van der Waals surface area contributed by atoms with Crippen molar-refractivity contribution >= 4 is 17.5 Å². The first-order chi connectivity index (χ1) is 14.5. The molecule has 3 N–H and O–H groups in total. The Morgan fingerprint density at radius 3 is 2.83 bits per heavy atom. The molecule has 0 bridgehead atoms. The van der Waals surface area contributed by atoms with Crippen LogP contribution in [0.2, 0.25) is 0 Å². The van der Waals surface area contributed by atoms with Crippen molar-refractivity contribution in [1.82, 2.24) is 5.32 Å². The third kappa shape index (κ3) is 4.08. The second-order valence-electron chi connectivity index (χ2n) is 7.64. The largest absolute Gasteiger partial charge is 0.467 e. The van der Waals surface area contributed by atoms with Crippen molar-refractivity contribution in [1.29, 1.82) is 0 Å². The summed E-state index contributed by atoms with van der Waals surface area (Å²) >= 11 is 0. The Hall–Kier alpha value is -3.54. The number of anilines is 1. The molecule has 0 fully saturated rings. The Morgan fingerprint density at radius 2 is 2.00 bits per heavy atom.